The molecule has 1 aliphatic carbocycles. The summed E-state index contributed by atoms with van der Waals surface area (Å²) in [6.45, 7) is 3.32. The zero-order chi connectivity index (χ0) is 8.65. The van der Waals surface area contributed by atoms with Gasteiger partial charge in [-0.05, 0) is 38.8 Å². The summed E-state index contributed by atoms with van der Waals surface area (Å²) >= 11 is 0. The van der Waals surface area contributed by atoms with E-state index in [2.05, 4.69) is 22.8 Å². The lowest BCUT2D eigenvalue weighted by Gasteiger charge is -2.08. The lowest BCUT2D eigenvalue weighted by molar-refractivity contribution is 0.532. The molecule has 12 heavy (non-hydrogen) atoms. The second-order valence-electron chi connectivity index (χ2n) is 3.41. The third kappa shape index (κ3) is 3.88. The molecule has 0 radical (unpaired) electrons. The minimum Gasteiger partial charge on any atom is -0.318 e. The van der Waals surface area contributed by atoms with E-state index in [4.69, 9.17) is 0 Å². The van der Waals surface area contributed by atoms with Gasteiger partial charge in [-0.2, -0.15) is 0 Å². The van der Waals surface area contributed by atoms with Gasteiger partial charge in [0.05, 0.1) is 0 Å². The first-order valence-electron chi connectivity index (χ1n) is 4.95. The Labute approximate surface area is 75.4 Å². The molecule has 0 bridgehead atoms. The molecule has 1 aliphatic rings. The summed E-state index contributed by atoms with van der Waals surface area (Å²) in [4.78, 5) is 0. The molecule has 70 valence electrons. The van der Waals surface area contributed by atoms with Crippen LogP contribution in [0.5, 0.6) is 0 Å². The van der Waals surface area contributed by atoms with Crippen molar-refractivity contribution in [2.45, 2.75) is 19.3 Å². The Hall–Kier alpha value is -0.340. The Bertz CT molecular complexity index is 132. The fourth-order valence-corrected chi connectivity index (χ4v) is 1.56. The number of rotatable bonds is 6. The molecule has 0 amide bonds. The zero-order valence-corrected chi connectivity index (χ0v) is 7.97. The summed E-state index contributed by atoms with van der Waals surface area (Å²) < 4.78 is 0. The van der Waals surface area contributed by atoms with Gasteiger partial charge in [0.1, 0.15) is 0 Å². The molecule has 0 aliphatic heterocycles. The van der Waals surface area contributed by atoms with E-state index in [0.29, 0.717) is 0 Å². The van der Waals surface area contributed by atoms with Gasteiger partial charge in [-0.3, -0.25) is 0 Å². The molecule has 0 spiro atoms. The van der Waals surface area contributed by atoms with Crippen molar-refractivity contribution in [3.05, 3.63) is 12.2 Å². The summed E-state index contributed by atoms with van der Waals surface area (Å²) in [5.41, 5.74) is 0. The minimum absolute atomic E-state index is 0.854. The molecule has 1 unspecified atom stereocenters. The average Bonchev–Trinajstić information content (AvgIpc) is 2.57. The van der Waals surface area contributed by atoms with Crippen LogP contribution in [0.4, 0.5) is 0 Å². The third-order valence-electron chi connectivity index (χ3n) is 2.36. The van der Waals surface area contributed by atoms with Crippen LogP contribution < -0.4 is 10.6 Å². The van der Waals surface area contributed by atoms with E-state index >= 15 is 0 Å². The van der Waals surface area contributed by atoms with Crippen molar-refractivity contribution in [1.29, 1.82) is 0 Å². The molecular weight excluding hydrogens is 148 g/mol. The van der Waals surface area contributed by atoms with Crippen molar-refractivity contribution in [1.82, 2.24) is 10.6 Å². The summed E-state index contributed by atoms with van der Waals surface area (Å²) in [5, 5.41) is 6.54. The second-order valence-corrected chi connectivity index (χ2v) is 3.41. The second kappa shape index (κ2) is 6.21. The lowest BCUT2D eigenvalue weighted by Crippen LogP contribution is -2.26. The van der Waals surface area contributed by atoms with Crippen LogP contribution in [0.2, 0.25) is 0 Å². The van der Waals surface area contributed by atoms with Crippen LogP contribution in [0.15, 0.2) is 12.2 Å². The van der Waals surface area contributed by atoms with E-state index in [9.17, 15) is 0 Å². The molecule has 0 aromatic carbocycles. The number of hydrogen-bond acceptors (Lipinski definition) is 2. The van der Waals surface area contributed by atoms with Crippen molar-refractivity contribution >= 4 is 0 Å². The van der Waals surface area contributed by atoms with E-state index < -0.39 is 0 Å². The maximum absolute atomic E-state index is 3.42. The first kappa shape index (κ1) is 9.75. The largest absolute Gasteiger partial charge is 0.318 e. The third-order valence-corrected chi connectivity index (χ3v) is 2.36. The Morgan fingerprint density at radius 1 is 1.33 bits per heavy atom. The number of allylic oxidation sites excluding steroid dienone is 2. The molecule has 0 aromatic rings. The summed E-state index contributed by atoms with van der Waals surface area (Å²) in [5.74, 6) is 0.854. The lowest BCUT2D eigenvalue weighted by atomic mass is 10.1. The van der Waals surface area contributed by atoms with Crippen molar-refractivity contribution in [2.75, 3.05) is 26.7 Å². The highest BCUT2D eigenvalue weighted by Gasteiger charge is 2.07. The van der Waals surface area contributed by atoms with E-state index in [1.54, 1.807) is 0 Å². The van der Waals surface area contributed by atoms with Gasteiger partial charge in [-0.25, -0.2) is 0 Å². The van der Waals surface area contributed by atoms with Gasteiger partial charge in [-0.15, -0.1) is 0 Å². The quantitative estimate of drug-likeness (QED) is 0.459. The summed E-state index contributed by atoms with van der Waals surface area (Å²) in [6.07, 6.45) is 8.63. The SMILES string of the molecule is CNCCNCCC1C=CCC1. The van der Waals surface area contributed by atoms with Crippen molar-refractivity contribution in [3.63, 3.8) is 0 Å². The van der Waals surface area contributed by atoms with Crippen LogP contribution in [0.1, 0.15) is 19.3 Å². The van der Waals surface area contributed by atoms with Gasteiger partial charge in [0.25, 0.3) is 0 Å². The van der Waals surface area contributed by atoms with Crippen LogP contribution in [-0.4, -0.2) is 26.7 Å². The molecule has 1 rings (SSSR count). The fourth-order valence-electron chi connectivity index (χ4n) is 1.56. The van der Waals surface area contributed by atoms with E-state index in [0.717, 1.165) is 25.6 Å². The van der Waals surface area contributed by atoms with Crippen molar-refractivity contribution in [2.24, 2.45) is 5.92 Å². The molecule has 0 saturated carbocycles. The highest BCUT2D eigenvalue weighted by atomic mass is 14.9. The predicted molar refractivity (Wildman–Crippen MR) is 53.3 cm³/mol. The van der Waals surface area contributed by atoms with Crippen LogP contribution in [0.25, 0.3) is 0 Å². The molecule has 2 N–H and O–H groups in total. The zero-order valence-electron chi connectivity index (χ0n) is 7.97. The van der Waals surface area contributed by atoms with Crippen molar-refractivity contribution in [3.8, 4) is 0 Å². The van der Waals surface area contributed by atoms with E-state index in [1.165, 1.54) is 19.3 Å². The Morgan fingerprint density at radius 2 is 2.25 bits per heavy atom. The van der Waals surface area contributed by atoms with Gasteiger partial charge in [0.15, 0.2) is 0 Å². The van der Waals surface area contributed by atoms with Gasteiger partial charge >= 0.3 is 0 Å². The van der Waals surface area contributed by atoms with Crippen molar-refractivity contribution < 1.29 is 0 Å². The monoisotopic (exact) mass is 168 g/mol. The Kier molecular flexibility index (Phi) is 5.04. The van der Waals surface area contributed by atoms with Crippen LogP contribution in [-0.2, 0) is 0 Å². The van der Waals surface area contributed by atoms with Crippen LogP contribution >= 0.6 is 0 Å². The standard InChI is InChI=1S/C10H20N2/c1-11-8-9-12-7-6-10-4-2-3-5-10/h2,4,10-12H,3,5-9H2,1H3. The summed E-state index contributed by atoms with van der Waals surface area (Å²) in [6, 6.07) is 0. The van der Waals surface area contributed by atoms with Gasteiger partial charge in [-0.1, -0.05) is 12.2 Å². The smallest absolute Gasteiger partial charge is 0.00766 e. The Morgan fingerprint density at radius 3 is 2.92 bits per heavy atom. The van der Waals surface area contributed by atoms with Crippen LogP contribution in [0, 0.1) is 5.92 Å². The van der Waals surface area contributed by atoms with E-state index in [-0.39, 0.29) is 0 Å². The topological polar surface area (TPSA) is 24.1 Å². The first-order valence-corrected chi connectivity index (χ1v) is 4.95. The van der Waals surface area contributed by atoms with Gasteiger partial charge < -0.3 is 10.6 Å². The van der Waals surface area contributed by atoms with Gasteiger partial charge in [0, 0.05) is 13.1 Å². The van der Waals surface area contributed by atoms with Crippen LogP contribution in [0.3, 0.4) is 0 Å². The predicted octanol–water partition coefficient (Wildman–Crippen LogP) is 1.15. The van der Waals surface area contributed by atoms with Gasteiger partial charge in [0.2, 0.25) is 0 Å². The highest BCUT2D eigenvalue weighted by molar-refractivity contribution is 4.95. The Balaban J connectivity index is 1.85. The van der Waals surface area contributed by atoms with E-state index in [1.807, 2.05) is 7.05 Å². The average molecular weight is 168 g/mol. The number of likely N-dealkylation sites (N-methyl/N-ethyl adjacent to an activating group) is 1. The molecule has 0 fully saturated rings. The first-order chi connectivity index (χ1) is 5.93. The molecule has 2 nitrogen and oxygen atoms in total. The molecule has 0 aromatic heterocycles. The minimum atomic E-state index is 0.854. The molecule has 0 heterocycles. The fraction of sp³-hybridized carbons (Fsp3) is 0.800. The number of hydrogen-bond donors (Lipinski definition) is 2. The molecule has 1 atom stereocenters. The maximum atomic E-state index is 3.42. The molecule has 0 saturated heterocycles. The summed E-state index contributed by atoms with van der Waals surface area (Å²) in [7, 11) is 1.99. The molecular formula is C10H20N2. The highest BCUT2D eigenvalue weighted by Crippen LogP contribution is 2.19. The number of nitrogens with one attached hydrogen (secondary N) is 2. The normalized spacial score (nSPS) is 21.9. The maximum Gasteiger partial charge on any atom is 0.00766 e. The molecule has 2 heteroatoms.